The molecule has 4 aliphatic rings. The maximum Gasteiger partial charge on any atom is 0.353 e. The lowest BCUT2D eigenvalue weighted by Gasteiger charge is -2.47. The molecule has 3 fully saturated rings. The number of likely N-dealkylation sites (N-methyl/N-ethyl adjacent to an activating group) is 1. The predicted octanol–water partition coefficient (Wildman–Crippen LogP) is -1.42. The van der Waals surface area contributed by atoms with E-state index in [1.807, 2.05) is 25.9 Å². The van der Waals surface area contributed by atoms with E-state index in [-0.39, 0.29) is 53.2 Å². The molecule has 1 aromatic heterocycles. The van der Waals surface area contributed by atoms with Crippen LogP contribution in [-0.4, -0.2) is 127 Å². The molecule has 0 saturated carbocycles. The lowest BCUT2D eigenvalue weighted by atomic mass is 9.78. The van der Waals surface area contributed by atoms with Crippen molar-refractivity contribution in [2.75, 3.05) is 33.7 Å². The summed E-state index contributed by atoms with van der Waals surface area (Å²) in [7, 11) is 4.05. The summed E-state index contributed by atoms with van der Waals surface area (Å²) >= 11 is 1.46. The Balaban J connectivity index is 1.22. The van der Waals surface area contributed by atoms with Gasteiger partial charge in [0, 0.05) is 47.8 Å². The first-order valence-electron chi connectivity index (χ1n) is 13.2. The monoisotopic (exact) mass is 561 g/mol. The Kier molecular flexibility index (Phi) is 7.66. The minimum atomic E-state index is -1.14. The maximum absolute atomic E-state index is 13.2. The second kappa shape index (κ2) is 10.8. The van der Waals surface area contributed by atoms with E-state index in [4.69, 9.17) is 0 Å². The van der Waals surface area contributed by atoms with Crippen LogP contribution >= 0.6 is 11.8 Å². The number of fused-ring (bicyclic) bond motifs is 1. The Bertz CT molecular complexity index is 1170. The summed E-state index contributed by atoms with van der Waals surface area (Å²) in [5, 5.41) is 26.9. The molecule has 1 aromatic rings. The van der Waals surface area contributed by atoms with Gasteiger partial charge in [0.05, 0.1) is 18.0 Å². The fourth-order valence-electron chi connectivity index (χ4n) is 6.23. The van der Waals surface area contributed by atoms with Crippen molar-refractivity contribution in [3.05, 3.63) is 16.9 Å². The highest BCUT2D eigenvalue weighted by atomic mass is 32.2. The van der Waals surface area contributed by atoms with Gasteiger partial charge in [0.1, 0.15) is 18.6 Å². The predicted molar refractivity (Wildman–Crippen MR) is 140 cm³/mol. The molecule has 15 heteroatoms. The molecule has 4 aliphatic heterocycles. The molecule has 3 N–H and O–H groups in total. The van der Waals surface area contributed by atoms with Gasteiger partial charge in [-0.1, -0.05) is 6.92 Å². The van der Waals surface area contributed by atoms with Crippen molar-refractivity contribution < 1.29 is 24.3 Å². The molecule has 3 amide bonds. The molecule has 3 saturated heterocycles. The number of nitrogens with one attached hydrogen (secondary N) is 2. The standard InChI is InChI=1S/C24H35N9O5S/c1-12-19-18(13(2)27-17(34)10-32-11-26-28-29-32)23(36)33(19)20(24(37)38)21(12)39-15-7-16(25-8-15)22(35)31-6-5-14(9-31)30(3)4/h11-16,18-19,25H,5-10H2,1-4H3,(H,27,34)(H,37,38)/t12-,13?,14-,15+,16+,18-,19-/m1/s1. The number of aliphatic carboxylic acids is 1. The topological polar surface area (TPSA) is 166 Å². The molecule has 1 unspecified atom stereocenters. The van der Waals surface area contributed by atoms with E-state index in [2.05, 4.69) is 31.1 Å². The van der Waals surface area contributed by atoms with Gasteiger partial charge >= 0.3 is 5.97 Å². The molecule has 14 nitrogen and oxygen atoms in total. The molecular formula is C24H35N9O5S. The zero-order valence-electron chi connectivity index (χ0n) is 22.5. The number of carbonyl (C=O) groups is 4. The van der Waals surface area contributed by atoms with Crippen LogP contribution in [-0.2, 0) is 25.7 Å². The number of tetrazole rings is 1. The number of hydrogen-bond donors (Lipinski definition) is 3. The van der Waals surface area contributed by atoms with E-state index >= 15 is 0 Å². The van der Waals surface area contributed by atoms with Crippen molar-refractivity contribution in [3.8, 4) is 0 Å². The zero-order valence-corrected chi connectivity index (χ0v) is 23.3. The summed E-state index contributed by atoms with van der Waals surface area (Å²) in [6, 6.07) is -0.777. The number of amides is 3. The lowest BCUT2D eigenvalue weighted by molar-refractivity contribution is -0.158. The Hall–Kier alpha value is -3.04. The first kappa shape index (κ1) is 27.5. The molecule has 7 atom stereocenters. The Morgan fingerprint density at radius 2 is 2.10 bits per heavy atom. The molecule has 39 heavy (non-hydrogen) atoms. The number of hydrogen-bond acceptors (Lipinski definition) is 10. The summed E-state index contributed by atoms with van der Waals surface area (Å²) < 4.78 is 1.28. The van der Waals surface area contributed by atoms with Crippen LogP contribution in [0.25, 0.3) is 0 Å². The van der Waals surface area contributed by atoms with Crippen LogP contribution in [0.3, 0.4) is 0 Å². The number of carboxylic acid groups (broad SMARTS) is 1. The van der Waals surface area contributed by atoms with Crippen LogP contribution in [0.2, 0.25) is 0 Å². The second-order valence-electron chi connectivity index (χ2n) is 11.0. The average molecular weight is 562 g/mol. The van der Waals surface area contributed by atoms with Crippen molar-refractivity contribution >= 4 is 35.5 Å². The van der Waals surface area contributed by atoms with Gasteiger partial charge in [0.2, 0.25) is 17.7 Å². The van der Waals surface area contributed by atoms with E-state index in [9.17, 15) is 24.3 Å². The third-order valence-electron chi connectivity index (χ3n) is 8.30. The van der Waals surface area contributed by atoms with Gasteiger partial charge in [0.25, 0.3) is 0 Å². The van der Waals surface area contributed by atoms with Crippen LogP contribution < -0.4 is 10.6 Å². The maximum atomic E-state index is 13.2. The quantitative estimate of drug-likeness (QED) is 0.303. The molecule has 0 bridgehead atoms. The van der Waals surface area contributed by atoms with E-state index < -0.39 is 17.9 Å². The van der Waals surface area contributed by atoms with Crippen molar-refractivity contribution in [1.29, 1.82) is 0 Å². The largest absolute Gasteiger partial charge is 0.477 e. The van der Waals surface area contributed by atoms with Crippen molar-refractivity contribution in [2.45, 2.75) is 62.7 Å². The SMILES string of the molecule is CC(NC(=O)Cn1cnnn1)[C@H]1C(=O)N2C(C(=O)O)=C(S[C@@H]3CN[C@H](C(=O)N4CC[C@@H](N(C)C)C4)C3)[C@H](C)[C@H]12. The minimum Gasteiger partial charge on any atom is -0.477 e. The average Bonchev–Trinajstić information content (AvgIpc) is 3.67. The fourth-order valence-corrected chi connectivity index (χ4v) is 7.71. The molecule has 0 aromatic carbocycles. The van der Waals surface area contributed by atoms with Gasteiger partial charge in [0.15, 0.2) is 0 Å². The second-order valence-corrected chi connectivity index (χ2v) is 12.4. The third-order valence-corrected chi connectivity index (χ3v) is 9.81. The highest BCUT2D eigenvalue weighted by Crippen LogP contribution is 2.51. The van der Waals surface area contributed by atoms with Gasteiger partial charge in [-0.2, -0.15) is 0 Å². The van der Waals surface area contributed by atoms with Crippen molar-refractivity contribution in [3.63, 3.8) is 0 Å². The van der Waals surface area contributed by atoms with Crippen LogP contribution in [0.4, 0.5) is 0 Å². The summed E-state index contributed by atoms with van der Waals surface area (Å²) in [6.07, 6.45) is 2.88. The van der Waals surface area contributed by atoms with E-state index in [0.29, 0.717) is 23.9 Å². The minimum absolute atomic E-state index is 0.0127. The number of carboxylic acids is 1. The number of nitrogens with zero attached hydrogens (tertiary/aromatic N) is 7. The fraction of sp³-hybridized carbons (Fsp3) is 0.708. The molecule has 212 valence electrons. The summed E-state index contributed by atoms with van der Waals surface area (Å²) in [5.74, 6) is -2.44. The van der Waals surface area contributed by atoms with Gasteiger partial charge in [-0.15, -0.1) is 16.9 Å². The van der Waals surface area contributed by atoms with E-state index in [1.165, 1.54) is 27.7 Å². The lowest BCUT2D eigenvalue weighted by Crippen LogP contribution is -2.66. The zero-order chi connectivity index (χ0) is 28.0. The number of likely N-dealkylation sites (tertiary alicyclic amines) is 1. The normalized spacial score (nSPS) is 31.1. The van der Waals surface area contributed by atoms with Gasteiger partial charge in [-0.05, 0) is 44.3 Å². The van der Waals surface area contributed by atoms with E-state index in [0.717, 1.165) is 19.5 Å². The highest BCUT2D eigenvalue weighted by molar-refractivity contribution is 8.03. The first-order chi connectivity index (χ1) is 18.6. The van der Waals surface area contributed by atoms with Crippen LogP contribution in [0.1, 0.15) is 26.7 Å². The van der Waals surface area contributed by atoms with Gasteiger partial charge in [-0.25, -0.2) is 9.48 Å². The number of β-lactam (4-membered cyclic amide) rings is 1. The van der Waals surface area contributed by atoms with Crippen molar-refractivity contribution in [2.24, 2.45) is 11.8 Å². The number of rotatable bonds is 9. The number of aromatic nitrogens is 4. The molecule has 0 aliphatic carbocycles. The Labute approximate surface area is 230 Å². The number of thioether (sulfide) groups is 1. The highest BCUT2D eigenvalue weighted by Gasteiger charge is 2.60. The molecule has 0 radical (unpaired) electrons. The van der Waals surface area contributed by atoms with Crippen molar-refractivity contribution in [1.82, 2.24) is 45.5 Å². The van der Waals surface area contributed by atoms with Gasteiger partial charge in [-0.3, -0.25) is 14.4 Å². The summed E-state index contributed by atoms with van der Waals surface area (Å²) in [6.45, 7) is 5.66. The summed E-state index contributed by atoms with van der Waals surface area (Å²) in [4.78, 5) is 57.1. The summed E-state index contributed by atoms with van der Waals surface area (Å²) in [5.41, 5.74) is 0.0223. The van der Waals surface area contributed by atoms with Gasteiger partial charge < -0.3 is 30.4 Å². The molecular weight excluding hydrogens is 526 g/mol. The molecule has 0 spiro atoms. The van der Waals surface area contributed by atoms with E-state index in [1.54, 1.807) is 6.92 Å². The Morgan fingerprint density at radius 3 is 2.74 bits per heavy atom. The van der Waals surface area contributed by atoms with Crippen LogP contribution in [0.15, 0.2) is 16.9 Å². The first-order valence-corrected chi connectivity index (χ1v) is 14.1. The number of carbonyl (C=O) groups excluding carboxylic acids is 3. The van der Waals surface area contributed by atoms with Crippen LogP contribution in [0, 0.1) is 11.8 Å². The molecule has 5 heterocycles. The molecule has 5 rings (SSSR count). The smallest absolute Gasteiger partial charge is 0.353 e. The van der Waals surface area contributed by atoms with Crippen LogP contribution in [0.5, 0.6) is 0 Å². The third kappa shape index (κ3) is 5.14. The Morgan fingerprint density at radius 1 is 1.33 bits per heavy atom.